The molecule has 3 rings (SSSR count). The van der Waals surface area contributed by atoms with E-state index in [9.17, 15) is 0 Å². The van der Waals surface area contributed by atoms with Crippen LogP contribution in [0.4, 0.5) is 0 Å². The molecule has 0 N–H and O–H groups in total. The van der Waals surface area contributed by atoms with E-state index in [2.05, 4.69) is 55.2 Å². The fourth-order valence-corrected chi connectivity index (χ4v) is 2.91. The third-order valence-corrected chi connectivity index (χ3v) is 3.90. The first-order valence-electron chi connectivity index (χ1n) is 7.14. The molecule has 0 atom stereocenters. The van der Waals surface area contributed by atoms with Crippen molar-refractivity contribution in [2.24, 2.45) is 0 Å². The first-order valence-corrected chi connectivity index (χ1v) is 7.14. The van der Waals surface area contributed by atoms with Crippen molar-refractivity contribution in [2.75, 3.05) is 0 Å². The van der Waals surface area contributed by atoms with E-state index < -0.39 is 0 Å². The zero-order chi connectivity index (χ0) is 13.9. The normalized spacial score (nSPS) is 15.2. The molecule has 0 bridgehead atoms. The van der Waals surface area contributed by atoms with Crippen LogP contribution >= 0.6 is 0 Å². The lowest BCUT2D eigenvalue weighted by atomic mass is 9.87. The van der Waals surface area contributed by atoms with Crippen LogP contribution < -0.4 is 0 Å². The van der Waals surface area contributed by atoms with Crippen LogP contribution in [0.25, 0.3) is 16.8 Å². The topological polar surface area (TPSA) is 12.9 Å². The predicted molar refractivity (Wildman–Crippen MR) is 85.3 cm³/mol. The molecule has 1 aliphatic rings. The van der Waals surface area contributed by atoms with Crippen LogP contribution in [0, 0.1) is 0 Å². The van der Waals surface area contributed by atoms with Crippen LogP contribution in [0.1, 0.15) is 32.3 Å². The number of rotatable bonds is 2. The quantitative estimate of drug-likeness (QED) is 0.718. The number of pyridine rings is 1. The van der Waals surface area contributed by atoms with E-state index in [-0.39, 0.29) is 0 Å². The first-order chi connectivity index (χ1) is 9.75. The molecule has 0 unspecified atom stereocenters. The average Bonchev–Trinajstić information content (AvgIpc) is 2.48. The van der Waals surface area contributed by atoms with Gasteiger partial charge in [-0.25, -0.2) is 0 Å². The van der Waals surface area contributed by atoms with Gasteiger partial charge < -0.3 is 0 Å². The summed E-state index contributed by atoms with van der Waals surface area (Å²) in [6.45, 7) is 4.46. The lowest BCUT2D eigenvalue weighted by Crippen LogP contribution is -1.97. The smallest absolute Gasteiger partial charge is 0.0702 e. The third kappa shape index (κ3) is 2.44. The Morgan fingerprint density at radius 3 is 2.55 bits per heavy atom. The molecule has 2 aromatic rings. The van der Waals surface area contributed by atoms with Crippen LogP contribution in [0.15, 0.2) is 65.9 Å². The number of benzene rings is 1. The maximum Gasteiger partial charge on any atom is 0.0702 e. The van der Waals surface area contributed by atoms with Crippen LogP contribution in [0.3, 0.4) is 0 Å². The van der Waals surface area contributed by atoms with Crippen molar-refractivity contribution in [3.63, 3.8) is 0 Å². The molecule has 0 saturated heterocycles. The number of hydrogen-bond acceptors (Lipinski definition) is 1. The summed E-state index contributed by atoms with van der Waals surface area (Å²) in [7, 11) is 0. The fraction of sp³-hybridized carbons (Fsp3) is 0.211. The minimum absolute atomic E-state index is 1.03. The predicted octanol–water partition coefficient (Wildman–Crippen LogP) is 5.26. The molecule has 0 aliphatic heterocycles. The molecule has 1 aromatic heterocycles. The van der Waals surface area contributed by atoms with Gasteiger partial charge in [0.15, 0.2) is 0 Å². The largest absolute Gasteiger partial charge is 0.256 e. The molecule has 0 amide bonds. The van der Waals surface area contributed by atoms with Gasteiger partial charge in [0, 0.05) is 11.8 Å². The minimum atomic E-state index is 1.03. The maximum absolute atomic E-state index is 4.44. The lowest BCUT2D eigenvalue weighted by Gasteiger charge is -2.18. The van der Waals surface area contributed by atoms with Gasteiger partial charge >= 0.3 is 0 Å². The summed E-state index contributed by atoms with van der Waals surface area (Å²) in [4.78, 5) is 4.44. The SMILES string of the molecule is CC1=CCCC(C)=C1c1cccc(-c2ccccn2)c1. The van der Waals surface area contributed by atoms with Gasteiger partial charge in [-0.15, -0.1) is 0 Å². The van der Waals surface area contributed by atoms with Crippen LogP contribution in [-0.4, -0.2) is 4.98 Å². The Morgan fingerprint density at radius 2 is 1.80 bits per heavy atom. The number of hydrogen-bond donors (Lipinski definition) is 0. The fourth-order valence-electron chi connectivity index (χ4n) is 2.91. The first kappa shape index (κ1) is 12.9. The molecule has 100 valence electrons. The molecular weight excluding hydrogens is 242 g/mol. The summed E-state index contributed by atoms with van der Waals surface area (Å²) in [5.41, 5.74) is 7.81. The third-order valence-electron chi connectivity index (χ3n) is 3.90. The van der Waals surface area contributed by atoms with Gasteiger partial charge in [0.25, 0.3) is 0 Å². The van der Waals surface area contributed by atoms with E-state index in [4.69, 9.17) is 0 Å². The molecular formula is C19H19N. The van der Waals surface area contributed by atoms with E-state index in [1.807, 2.05) is 18.3 Å². The van der Waals surface area contributed by atoms with Gasteiger partial charge in [-0.05, 0) is 61.6 Å². The Hall–Kier alpha value is -2.15. The highest BCUT2D eigenvalue weighted by Gasteiger charge is 2.12. The Balaban J connectivity index is 2.07. The second-order valence-electron chi connectivity index (χ2n) is 5.38. The Bertz CT molecular complexity index is 678. The standard InChI is InChI=1S/C19H19N/c1-14-7-5-8-15(2)19(14)17-10-6-9-16(13-17)18-11-3-4-12-20-18/h3-4,6-7,9-13H,5,8H2,1-2H3. The van der Waals surface area contributed by atoms with Crippen molar-refractivity contribution < 1.29 is 0 Å². The summed E-state index contributed by atoms with van der Waals surface area (Å²) >= 11 is 0. The highest BCUT2D eigenvalue weighted by atomic mass is 14.7. The van der Waals surface area contributed by atoms with Crippen LogP contribution in [0.5, 0.6) is 0 Å². The van der Waals surface area contributed by atoms with Gasteiger partial charge in [0.1, 0.15) is 0 Å². The Labute approximate surface area is 120 Å². The van der Waals surface area contributed by atoms with Crippen molar-refractivity contribution in [2.45, 2.75) is 26.7 Å². The molecule has 0 spiro atoms. The average molecular weight is 261 g/mol. The summed E-state index contributed by atoms with van der Waals surface area (Å²) in [6.07, 6.45) is 6.52. The van der Waals surface area contributed by atoms with Gasteiger partial charge in [0.05, 0.1) is 5.69 Å². The van der Waals surface area contributed by atoms with Gasteiger partial charge in [-0.1, -0.05) is 35.9 Å². The molecule has 0 saturated carbocycles. The Morgan fingerprint density at radius 1 is 0.950 bits per heavy atom. The van der Waals surface area contributed by atoms with Crippen LogP contribution in [-0.2, 0) is 0 Å². The monoisotopic (exact) mass is 261 g/mol. The highest BCUT2D eigenvalue weighted by Crippen LogP contribution is 2.34. The van der Waals surface area contributed by atoms with E-state index in [0.29, 0.717) is 0 Å². The summed E-state index contributed by atoms with van der Waals surface area (Å²) in [5, 5.41) is 0. The van der Waals surface area contributed by atoms with E-state index >= 15 is 0 Å². The van der Waals surface area contributed by atoms with Gasteiger partial charge in [-0.2, -0.15) is 0 Å². The van der Waals surface area contributed by atoms with Crippen molar-refractivity contribution in [3.05, 3.63) is 71.4 Å². The van der Waals surface area contributed by atoms with Crippen LogP contribution in [0.2, 0.25) is 0 Å². The number of aromatic nitrogens is 1. The summed E-state index contributed by atoms with van der Waals surface area (Å²) < 4.78 is 0. The van der Waals surface area contributed by atoms with Gasteiger partial charge in [-0.3, -0.25) is 4.98 Å². The molecule has 1 aliphatic carbocycles. The Kier molecular flexibility index (Phi) is 3.51. The summed E-state index contributed by atoms with van der Waals surface area (Å²) in [5.74, 6) is 0. The maximum atomic E-state index is 4.44. The summed E-state index contributed by atoms with van der Waals surface area (Å²) in [6, 6.07) is 14.8. The van der Waals surface area contributed by atoms with E-state index in [1.165, 1.54) is 40.7 Å². The lowest BCUT2D eigenvalue weighted by molar-refractivity contribution is 0.953. The molecule has 1 heterocycles. The molecule has 0 radical (unpaired) electrons. The van der Waals surface area contributed by atoms with E-state index in [1.54, 1.807) is 0 Å². The molecule has 20 heavy (non-hydrogen) atoms. The molecule has 1 aromatic carbocycles. The minimum Gasteiger partial charge on any atom is -0.256 e. The zero-order valence-electron chi connectivity index (χ0n) is 12.1. The van der Waals surface area contributed by atoms with E-state index in [0.717, 1.165) is 5.69 Å². The van der Waals surface area contributed by atoms with Crippen molar-refractivity contribution in [1.82, 2.24) is 4.98 Å². The number of nitrogens with zero attached hydrogens (tertiary/aromatic N) is 1. The zero-order valence-corrected chi connectivity index (χ0v) is 12.1. The van der Waals surface area contributed by atoms with Crippen molar-refractivity contribution in [3.8, 4) is 11.3 Å². The van der Waals surface area contributed by atoms with Crippen molar-refractivity contribution in [1.29, 1.82) is 0 Å². The highest BCUT2D eigenvalue weighted by molar-refractivity contribution is 5.83. The molecule has 0 fully saturated rings. The number of allylic oxidation sites excluding steroid dienone is 4. The second-order valence-corrected chi connectivity index (χ2v) is 5.38. The van der Waals surface area contributed by atoms with Gasteiger partial charge in [0.2, 0.25) is 0 Å². The molecule has 1 nitrogen and oxygen atoms in total. The van der Waals surface area contributed by atoms with Crippen molar-refractivity contribution >= 4 is 5.57 Å². The second kappa shape index (κ2) is 5.46. The molecule has 1 heteroatoms.